The van der Waals surface area contributed by atoms with Crippen molar-refractivity contribution in [3.8, 4) is 0 Å². The second-order valence-electron chi connectivity index (χ2n) is 28.8. The molecule has 0 saturated heterocycles. The van der Waals surface area contributed by atoms with Crippen molar-refractivity contribution in [2.45, 2.75) is 401 Å². The second kappa shape index (κ2) is 65.4. The highest BCUT2D eigenvalue weighted by atomic mass is 31.2. The SMILES string of the molecule is CCC(C)CCCCCCCCCCCCC(=O)OC[C@H](COP(=O)(O)OC[C@@H](O)COP(=O)(O)OC[C@@H](COC(=O)CCCCCCCCC(C)CC)OC(=O)CCCCCCCCCCCCCCCCCCC(C)C)OC(=O)CCCCCCCCCCCC(C)C. The number of phosphoric ester groups is 2. The molecule has 0 fully saturated rings. The van der Waals surface area contributed by atoms with Gasteiger partial charge >= 0.3 is 39.5 Å². The van der Waals surface area contributed by atoms with Gasteiger partial charge in [-0.3, -0.25) is 37.3 Å². The van der Waals surface area contributed by atoms with Gasteiger partial charge in [-0.1, -0.05) is 331 Å². The van der Waals surface area contributed by atoms with Crippen LogP contribution >= 0.6 is 15.6 Å². The van der Waals surface area contributed by atoms with Crippen LogP contribution in [-0.4, -0.2) is 96.7 Å². The highest BCUT2D eigenvalue weighted by Crippen LogP contribution is 2.45. The van der Waals surface area contributed by atoms with Crippen LogP contribution in [0, 0.1) is 23.7 Å². The third-order valence-electron chi connectivity index (χ3n) is 18.3. The number of ether oxygens (including phenoxy) is 4. The van der Waals surface area contributed by atoms with Gasteiger partial charge in [0.1, 0.15) is 19.3 Å². The Morgan fingerprint density at radius 2 is 0.505 bits per heavy atom. The molecule has 4 unspecified atom stereocenters. The van der Waals surface area contributed by atoms with E-state index in [1.54, 1.807) is 0 Å². The van der Waals surface area contributed by atoms with Crippen LogP contribution in [0.4, 0.5) is 0 Å². The highest BCUT2D eigenvalue weighted by molar-refractivity contribution is 7.47. The van der Waals surface area contributed by atoms with Gasteiger partial charge < -0.3 is 33.8 Å². The molecular formula is C76H148O17P2. The third kappa shape index (κ3) is 67.6. The van der Waals surface area contributed by atoms with Crippen LogP contribution in [0.3, 0.4) is 0 Å². The van der Waals surface area contributed by atoms with Crippen molar-refractivity contribution < 1.29 is 80.2 Å². The van der Waals surface area contributed by atoms with Crippen molar-refractivity contribution in [2.24, 2.45) is 23.7 Å². The maximum Gasteiger partial charge on any atom is 0.472 e. The number of aliphatic hydroxyl groups is 1. The van der Waals surface area contributed by atoms with E-state index in [1.165, 1.54) is 180 Å². The highest BCUT2D eigenvalue weighted by Gasteiger charge is 2.30. The first-order valence-electron chi connectivity index (χ1n) is 39.3. The number of phosphoric acid groups is 2. The molecule has 7 atom stereocenters. The number of carbonyl (C=O) groups is 4. The Morgan fingerprint density at radius 1 is 0.295 bits per heavy atom. The Bertz CT molecular complexity index is 1870. The molecule has 0 amide bonds. The molecule has 95 heavy (non-hydrogen) atoms. The fourth-order valence-electron chi connectivity index (χ4n) is 11.5. The number of carbonyl (C=O) groups excluding carboxylic acids is 4. The molecule has 0 heterocycles. The average molecular weight is 1400 g/mol. The first-order chi connectivity index (χ1) is 45.7. The zero-order chi connectivity index (χ0) is 70.3. The lowest BCUT2D eigenvalue weighted by molar-refractivity contribution is -0.161. The number of hydrogen-bond donors (Lipinski definition) is 3. The Labute approximate surface area is 581 Å². The molecule has 0 saturated carbocycles. The summed E-state index contributed by atoms with van der Waals surface area (Å²) in [7, 11) is -9.91. The number of rotatable bonds is 73. The van der Waals surface area contributed by atoms with Crippen LogP contribution in [-0.2, 0) is 65.4 Å². The summed E-state index contributed by atoms with van der Waals surface area (Å²) in [6.07, 6.45) is 49.9. The summed E-state index contributed by atoms with van der Waals surface area (Å²) in [6, 6.07) is 0. The first kappa shape index (κ1) is 93.1. The largest absolute Gasteiger partial charge is 0.472 e. The summed E-state index contributed by atoms with van der Waals surface area (Å²) in [5.74, 6) is 0.964. The summed E-state index contributed by atoms with van der Waals surface area (Å²) in [5.41, 5.74) is 0. The van der Waals surface area contributed by atoms with Gasteiger partial charge in [-0.25, -0.2) is 9.13 Å². The minimum absolute atomic E-state index is 0.105. The fraction of sp³-hybridized carbons (Fsp3) is 0.947. The molecule has 19 heteroatoms. The minimum atomic E-state index is -4.96. The number of unbranched alkanes of at least 4 members (excludes halogenated alkanes) is 37. The van der Waals surface area contributed by atoms with E-state index in [1.807, 2.05) is 0 Å². The average Bonchev–Trinajstić information content (AvgIpc) is 2.28. The maximum absolute atomic E-state index is 13.1. The van der Waals surface area contributed by atoms with Gasteiger partial charge in [0.25, 0.3) is 0 Å². The second-order valence-corrected chi connectivity index (χ2v) is 31.7. The molecule has 0 aromatic heterocycles. The normalized spacial score (nSPS) is 14.7. The minimum Gasteiger partial charge on any atom is -0.462 e. The molecule has 0 aliphatic heterocycles. The Balaban J connectivity index is 5.23. The van der Waals surface area contributed by atoms with Crippen molar-refractivity contribution in [2.75, 3.05) is 39.6 Å². The zero-order valence-electron chi connectivity index (χ0n) is 62.3. The molecule has 564 valence electrons. The van der Waals surface area contributed by atoms with E-state index < -0.39 is 97.5 Å². The van der Waals surface area contributed by atoms with E-state index in [4.69, 9.17) is 37.0 Å². The Kier molecular flexibility index (Phi) is 64.0. The van der Waals surface area contributed by atoms with Crippen molar-refractivity contribution in [3.63, 3.8) is 0 Å². The lowest BCUT2D eigenvalue weighted by Gasteiger charge is -2.21. The molecular weight excluding hydrogens is 1250 g/mol. The summed E-state index contributed by atoms with van der Waals surface area (Å²) < 4.78 is 68.5. The lowest BCUT2D eigenvalue weighted by atomic mass is 9.99. The monoisotopic (exact) mass is 1400 g/mol. The first-order valence-corrected chi connectivity index (χ1v) is 42.3. The van der Waals surface area contributed by atoms with Crippen LogP contribution < -0.4 is 0 Å². The van der Waals surface area contributed by atoms with Crippen LogP contribution in [0.2, 0.25) is 0 Å². The molecule has 0 rings (SSSR count). The van der Waals surface area contributed by atoms with E-state index in [-0.39, 0.29) is 25.7 Å². The maximum atomic E-state index is 13.1. The van der Waals surface area contributed by atoms with Gasteiger partial charge in [0.15, 0.2) is 12.2 Å². The smallest absolute Gasteiger partial charge is 0.462 e. The van der Waals surface area contributed by atoms with Crippen LogP contribution in [0.15, 0.2) is 0 Å². The topological polar surface area (TPSA) is 237 Å². The molecule has 0 aromatic carbocycles. The predicted octanol–water partition coefficient (Wildman–Crippen LogP) is 22.0. The molecule has 0 radical (unpaired) electrons. The zero-order valence-corrected chi connectivity index (χ0v) is 64.1. The Morgan fingerprint density at radius 3 is 0.747 bits per heavy atom. The molecule has 3 N–H and O–H groups in total. The van der Waals surface area contributed by atoms with Crippen LogP contribution in [0.5, 0.6) is 0 Å². The predicted molar refractivity (Wildman–Crippen MR) is 386 cm³/mol. The van der Waals surface area contributed by atoms with Gasteiger partial charge in [0.05, 0.1) is 26.4 Å². The van der Waals surface area contributed by atoms with Crippen molar-refractivity contribution in [1.82, 2.24) is 0 Å². The van der Waals surface area contributed by atoms with Gasteiger partial charge in [-0.15, -0.1) is 0 Å². The summed E-state index contributed by atoms with van der Waals surface area (Å²) >= 11 is 0. The molecule has 17 nitrogen and oxygen atoms in total. The van der Waals surface area contributed by atoms with E-state index in [0.717, 1.165) is 120 Å². The molecule has 0 aliphatic rings. The van der Waals surface area contributed by atoms with Crippen LogP contribution in [0.1, 0.15) is 383 Å². The number of esters is 4. The number of hydrogen-bond acceptors (Lipinski definition) is 15. The third-order valence-corrected chi connectivity index (χ3v) is 20.2. The van der Waals surface area contributed by atoms with E-state index in [0.29, 0.717) is 25.7 Å². The fourth-order valence-corrected chi connectivity index (χ4v) is 13.1. The van der Waals surface area contributed by atoms with Crippen LogP contribution in [0.25, 0.3) is 0 Å². The van der Waals surface area contributed by atoms with Crippen molar-refractivity contribution in [3.05, 3.63) is 0 Å². The van der Waals surface area contributed by atoms with E-state index in [9.17, 15) is 43.2 Å². The van der Waals surface area contributed by atoms with Gasteiger partial charge in [0, 0.05) is 25.7 Å². The molecule has 0 aliphatic carbocycles. The summed E-state index contributed by atoms with van der Waals surface area (Å²) in [6.45, 7) is 14.2. The Hall–Kier alpha value is -1.94. The molecule has 0 spiro atoms. The summed E-state index contributed by atoms with van der Waals surface area (Å²) in [5, 5.41) is 10.6. The molecule has 0 aromatic rings. The van der Waals surface area contributed by atoms with Gasteiger partial charge in [0.2, 0.25) is 0 Å². The van der Waals surface area contributed by atoms with Gasteiger partial charge in [-0.05, 0) is 49.4 Å². The molecule has 0 bridgehead atoms. The quantitative estimate of drug-likeness (QED) is 0.0222. The van der Waals surface area contributed by atoms with E-state index >= 15 is 0 Å². The lowest BCUT2D eigenvalue weighted by Crippen LogP contribution is -2.30. The van der Waals surface area contributed by atoms with E-state index in [2.05, 4.69) is 55.4 Å². The summed E-state index contributed by atoms with van der Waals surface area (Å²) in [4.78, 5) is 72.8. The standard InChI is InChI=1S/C76H148O17P2/c1-9-68(7)54-46-38-30-24-19-20-25-31-40-48-56-73(78)86-62-71(92-76(81)59-51-43-33-27-21-23-29-37-45-53-67(5)6)64-90-94(82,83)88-60-70(77)61-89-95(84,85)91-65-72(63-87-74(79)57-49-41-35-34-39-47-55-69(8)10-2)93-75(80)58-50-42-32-26-18-16-14-12-11-13-15-17-22-28-36-44-52-66(3)4/h66-72,77H,9-65H2,1-8H3,(H,82,83)(H,84,85)/t68?,69?,70-,71-,72-/m1/s1. The van der Waals surface area contributed by atoms with Crippen molar-refractivity contribution >= 4 is 39.5 Å². The van der Waals surface area contributed by atoms with Gasteiger partial charge in [-0.2, -0.15) is 0 Å². The van der Waals surface area contributed by atoms with Crippen molar-refractivity contribution in [1.29, 1.82) is 0 Å². The number of aliphatic hydroxyl groups excluding tert-OH is 1.